The Bertz CT molecular complexity index is 680. The van der Waals surface area contributed by atoms with Gasteiger partial charge in [-0.2, -0.15) is 0 Å². The molecule has 0 saturated heterocycles. The number of hydrogen-bond donors (Lipinski definition) is 2. The fourth-order valence-electron chi connectivity index (χ4n) is 1.56. The van der Waals surface area contributed by atoms with Crippen molar-refractivity contribution in [3.63, 3.8) is 0 Å². The van der Waals surface area contributed by atoms with Crippen LogP contribution in [0.5, 0.6) is 5.75 Å². The van der Waals surface area contributed by atoms with Crippen LogP contribution in [0.3, 0.4) is 0 Å². The van der Waals surface area contributed by atoms with Gasteiger partial charge in [0.15, 0.2) is 18.2 Å². The second-order valence-electron chi connectivity index (χ2n) is 4.15. The second-order valence-corrected chi connectivity index (χ2v) is 4.56. The van der Waals surface area contributed by atoms with Crippen LogP contribution in [0.15, 0.2) is 36.4 Å². The molecular formula is C14H11ClF2N2O2. The summed E-state index contributed by atoms with van der Waals surface area (Å²) in [5.41, 5.74) is 6.33. The Morgan fingerprint density at radius 1 is 1.24 bits per heavy atom. The monoisotopic (exact) mass is 312 g/mol. The van der Waals surface area contributed by atoms with Crippen LogP contribution in [0.25, 0.3) is 0 Å². The highest BCUT2D eigenvalue weighted by atomic mass is 35.5. The van der Waals surface area contributed by atoms with Crippen molar-refractivity contribution in [3.05, 3.63) is 53.1 Å². The number of hydrogen-bond acceptors (Lipinski definition) is 3. The maximum atomic E-state index is 13.3. The molecule has 2 aromatic carbocycles. The first-order valence-corrected chi connectivity index (χ1v) is 6.26. The molecule has 0 unspecified atom stereocenters. The highest BCUT2D eigenvalue weighted by Crippen LogP contribution is 2.24. The predicted molar refractivity (Wildman–Crippen MR) is 76.3 cm³/mol. The summed E-state index contributed by atoms with van der Waals surface area (Å²) in [6.07, 6.45) is 0. The number of nitrogen functional groups attached to an aromatic ring is 1. The lowest BCUT2D eigenvalue weighted by molar-refractivity contribution is -0.118. The molecule has 0 aliphatic carbocycles. The average Bonchev–Trinajstić information content (AvgIpc) is 2.42. The van der Waals surface area contributed by atoms with Gasteiger partial charge in [-0.05, 0) is 30.3 Å². The molecule has 0 atom stereocenters. The van der Waals surface area contributed by atoms with Gasteiger partial charge < -0.3 is 15.8 Å². The van der Waals surface area contributed by atoms with E-state index < -0.39 is 24.1 Å². The topological polar surface area (TPSA) is 64.3 Å². The lowest BCUT2D eigenvalue weighted by Crippen LogP contribution is -2.20. The van der Waals surface area contributed by atoms with Crippen molar-refractivity contribution >= 4 is 28.9 Å². The summed E-state index contributed by atoms with van der Waals surface area (Å²) in [7, 11) is 0. The normalized spacial score (nSPS) is 10.2. The summed E-state index contributed by atoms with van der Waals surface area (Å²) >= 11 is 5.89. The standard InChI is InChI=1S/C14H11ClF2N2O2/c15-10-3-2-9(18)6-12(10)19-14(20)7-21-13-4-1-8(16)5-11(13)17/h1-6H,7,18H2,(H,19,20). The number of rotatable bonds is 4. The third-order valence-electron chi connectivity index (χ3n) is 2.52. The van der Waals surface area contributed by atoms with Gasteiger partial charge in [0.05, 0.1) is 10.7 Å². The van der Waals surface area contributed by atoms with Crippen LogP contribution < -0.4 is 15.8 Å². The predicted octanol–water partition coefficient (Wildman–Crippen LogP) is 3.22. The van der Waals surface area contributed by atoms with Crippen LogP contribution >= 0.6 is 11.6 Å². The molecular weight excluding hydrogens is 302 g/mol. The van der Waals surface area contributed by atoms with E-state index in [4.69, 9.17) is 22.1 Å². The largest absolute Gasteiger partial charge is 0.481 e. The molecule has 0 heterocycles. The number of halogens is 3. The molecule has 0 bridgehead atoms. The summed E-state index contributed by atoms with van der Waals surface area (Å²) in [6.45, 7) is -0.451. The van der Waals surface area contributed by atoms with Crippen LogP contribution in [0.2, 0.25) is 5.02 Å². The van der Waals surface area contributed by atoms with E-state index in [9.17, 15) is 13.6 Å². The molecule has 0 fully saturated rings. The van der Waals surface area contributed by atoms with Crippen molar-refractivity contribution in [2.24, 2.45) is 0 Å². The van der Waals surface area contributed by atoms with Gasteiger partial charge in [0.1, 0.15) is 5.82 Å². The SMILES string of the molecule is Nc1ccc(Cl)c(NC(=O)COc2ccc(F)cc2F)c1. The molecule has 2 aromatic rings. The highest BCUT2D eigenvalue weighted by molar-refractivity contribution is 6.33. The molecule has 0 aliphatic heterocycles. The molecule has 0 saturated carbocycles. The molecule has 0 aromatic heterocycles. The average molecular weight is 313 g/mol. The van der Waals surface area contributed by atoms with E-state index in [-0.39, 0.29) is 5.75 Å². The fourth-order valence-corrected chi connectivity index (χ4v) is 1.73. The smallest absolute Gasteiger partial charge is 0.262 e. The number of carbonyl (C=O) groups excluding carboxylic acids is 1. The minimum absolute atomic E-state index is 0.217. The van der Waals surface area contributed by atoms with Crippen molar-refractivity contribution in [3.8, 4) is 5.75 Å². The quantitative estimate of drug-likeness (QED) is 0.852. The van der Waals surface area contributed by atoms with Gasteiger partial charge in [-0.1, -0.05) is 11.6 Å². The van der Waals surface area contributed by atoms with E-state index in [1.54, 1.807) is 6.07 Å². The summed E-state index contributed by atoms with van der Waals surface area (Å²) in [6, 6.07) is 7.41. The molecule has 110 valence electrons. The summed E-state index contributed by atoms with van der Waals surface area (Å²) in [5, 5.41) is 2.79. The maximum absolute atomic E-state index is 13.3. The number of anilines is 2. The molecule has 1 amide bonds. The zero-order valence-corrected chi connectivity index (χ0v) is 11.5. The van der Waals surface area contributed by atoms with E-state index in [1.165, 1.54) is 12.1 Å². The van der Waals surface area contributed by atoms with E-state index >= 15 is 0 Å². The Morgan fingerprint density at radius 3 is 2.71 bits per heavy atom. The van der Waals surface area contributed by atoms with Crippen molar-refractivity contribution < 1.29 is 18.3 Å². The molecule has 2 rings (SSSR count). The molecule has 3 N–H and O–H groups in total. The summed E-state index contributed by atoms with van der Waals surface area (Å²) < 4.78 is 31.0. The van der Waals surface area contributed by atoms with Crippen molar-refractivity contribution in [1.29, 1.82) is 0 Å². The Labute approximate surface area is 124 Å². The Morgan fingerprint density at radius 2 is 2.00 bits per heavy atom. The Balaban J connectivity index is 1.97. The van der Waals surface area contributed by atoms with Crippen molar-refractivity contribution in [2.75, 3.05) is 17.7 Å². The Hall–Kier alpha value is -2.34. The minimum atomic E-state index is -0.884. The van der Waals surface area contributed by atoms with Crippen LogP contribution in [0.4, 0.5) is 20.2 Å². The highest BCUT2D eigenvalue weighted by Gasteiger charge is 2.10. The number of ether oxygens (including phenoxy) is 1. The zero-order chi connectivity index (χ0) is 15.4. The zero-order valence-electron chi connectivity index (χ0n) is 10.7. The summed E-state index contributed by atoms with van der Waals surface area (Å²) in [4.78, 5) is 11.7. The number of nitrogens with one attached hydrogen (secondary N) is 1. The number of carbonyl (C=O) groups is 1. The van der Waals surface area contributed by atoms with Crippen molar-refractivity contribution in [1.82, 2.24) is 0 Å². The number of nitrogens with two attached hydrogens (primary N) is 1. The first kappa shape index (κ1) is 15.1. The molecule has 0 radical (unpaired) electrons. The van der Waals surface area contributed by atoms with E-state index in [2.05, 4.69) is 5.32 Å². The second kappa shape index (κ2) is 6.41. The van der Waals surface area contributed by atoms with Gasteiger partial charge >= 0.3 is 0 Å². The van der Waals surface area contributed by atoms with Gasteiger partial charge in [0, 0.05) is 11.8 Å². The first-order chi connectivity index (χ1) is 9.95. The van der Waals surface area contributed by atoms with E-state index in [0.29, 0.717) is 22.5 Å². The third kappa shape index (κ3) is 4.06. The van der Waals surface area contributed by atoms with Gasteiger partial charge in [-0.3, -0.25) is 4.79 Å². The number of amides is 1. The first-order valence-electron chi connectivity index (χ1n) is 5.88. The fraction of sp³-hybridized carbons (Fsp3) is 0.0714. The van der Waals surface area contributed by atoms with Crippen molar-refractivity contribution in [2.45, 2.75) is 0 Å². The molecule has 0 spiro atoms. The van der Waals surface area contributed by atoms with Crippen LogP contribution in [-0.4, -0.2) is 12.5 Å². The third-order valence-corrected chi connectivity index (χ3v) is 2.85. The maximum Gasteiger partial charge on any atom is 0.262 e. The Kier molecular flexibility index (Phi) is 4.59. The van der Waals surface area contributed by atoms with Gasteiger partial charge in [-0.25, -0.2) is 8.78 Å². The lowest BCUT2D eigenvalue weighted by atomic mass is 10.3. The molecule has 7 heteroatoms. The van der Waals surface area contributed by atoms with Crippen LogP contribution in [-0.2, 0) is 4.79 Å². The van der Waals surface area contributed by atoms with Gasteiger partial charge in [0.2, 0.25) is 0 Å². The number of benzene rings is 2. The molecule has 21 heavy (non-hydrogen) atoms. The molecule has 4 nitrogen and oxygen atoms in total. The summed E-state index contributed by atoms with van der Waals surface area (Å²) in [5.74, 6) is -2.38. The van der Waals surface area contributed by atoms with E-state index in [0.717, 1.165) is 12.1 Å². The minimum Gasteiger partial charge on any atom is -0.481 e. The molecule has 0 aliphatic rings. The van der Waals surface area contributed by atoms with Crippen LogP contribution in [0, 0.1) is 11.6 Å². The van der Waals surface area contributed by atoms with Gasteiger partial charge in [-0.15, -0.1) is 0 Å². The van der Waals surface area contributed by atoms with E-state index in [1.807, 2.05) is 0 Å². The lowest BCUT2D eigenvalue weighted by Gasteiger charge is -2.10. The van der Waals surface area contributed by atoms with Gasteiger partial charge in [0.25, 0.3) is 5.91 Å². The van der Waals surface area contributed by atoms with Crippen LogP contribution in [0.1, 0.15) is 0 Å².